The van der Waals surface area contributed by atoms with Gasteiger partial charge in [0.2, 0.25) is 0 Å². The number of anilines is 1. The van der Waals surface area contributed by atoms with Gasteiger partial charge in [-0.2, -0.15) is 0 Å². The van der Waals surface area contributed by atoms with E-state index in [-0.39, 0.29) is 5.91 Å². The highest BCUT2D eigenvalue weighted by atomic mass is 79.9. The molecule has 0 saturated heterocycles. The Morgan fingerprint density at radius 3 is 2.62 bits per heavy atom. The molecule has 0 aromatic heterocycles. The van der Waals surface area contributed by atoms with Gasteiger partial charge in [0.25, 0.3) is 5.91 Å². The van der Waals surface area contributed by atoms with Crippen molar-refractivity contribution in [1.29, 1.82) is 0 Å². The number of rotatable bonds is 4. The molecule has 0 radical (unpaired) electrons. The van der Waals surface area contributed by atoms with Crippen LogP contribution in [0.4, 0.5) is 5.69 Å². The second kappa shape index (κ2) is 6.96. The van der Waals surface area contributed by atoms with Crippen LogP contribution in [0.15, 0.2) is 46.9 Å². The number of nitrogens with zero attached hydrogens (tertiary/aromatic N) is 1. The van der Waals surface area contributed by atoms with Crippen molar-refractivity contribution in [1.82, 2.24) is 4.90 Å². The average molecular weight is 368 g/mol. The molecule has 2 aromatic rings. The molecular weight excluding hydrogens is 352 g/mol. The molecule has 0 heterocycles. The Hall–Kier alpha value is -1.52. The van der Waals surface area contributed by atoms with Crippen LogP contribution in [0.1, 0.15) is 22.8 Å². The van der Waals surface area contributed by atoms with Gasteiger partial charge < -0.3 is 10.6 Å². The summed E-state index contributed by atoms with van der Waals surface area (Å²) < 4.78 is 0.694. The SMILES string of the molecule is CCN(Cc1ccccc1N)C(=O)c1ccc(Cl)cc1Br. The molecule has 2 aromatic carbocycles. The van der Waals surface area contributed by atoms with Crippen molar-refractivity contribution >= 4 is 39.1 Å². The lowest BCUT2D eigenvalue weighted by Crippen LogP contribution is -2.30. The van der Waals surface area contributed by atoms with E-state index in [2.05, 4.69) is 15.9 Å². The molecule has 2 rings (SSSR count). The third kappa shape index (κ3) is 3.77. The molecule has 110 valence electrons. The Kier molecular flexibility index (Phi) is 5.26. The van der Waals surface area contributed by atoms with Crippen molar-refractivity contribution in [2.45, 2.75) is 13.5 Å². The number of benzene rings is 2. The first kappa shape index (κ1) is 15.9. The minimum absolute atomic E-state index is 0.0516. The van der Waals surface area contributed by atoms with Crippen molar-refractivity contribution in [2.75, 3.05) is 12.3 Å². The minimum Gasteiger partial charge on any atom is -0.398 e. The minimum atomic E-state index is -0.0516. The maximum atomic E-state index is 12.6. The van der Waals surface area contributed by atoms with Crippen molar-refractivity contribution in [2.24, 2.45) is 0 Å². The number of hydrogen-bond acceptors (Lipinski definition) is 2. The Bertz CT molecular complexity index is 660. The fraction of sp³-hybridized carbons (Fsp3) is 0.188. The van der Waals surface area contributed by atoms with Gasteiger partial charge in [0, 0.05) is 28.3 Å². The average Bonchev–Trinajstić information content (AvgIpc) is 2.46. The van der Waals surface area contributed by atoms with Gasteiger partial charge in [-0.05, 0) is 52.7 Å². The normalized spacial score (nSPS) is 10.4. The van der Waals surface area contributed by atoms with Gasteiger partial charge in [0.1, 0.15) is 0 Å². The van der Waals surface area contributed by atoms with Crippen LogP contribution in [0.5, 0.6) is 0 Å². The van der Waals surface area contributed by atoms with E-state index in [1.165, 1.54) is 0 Å². The van der Waals surface area contributed by atoms with Crippen LogP contribution in [-0.4, -0.2) is 17.4 Å². The molecule has 0 bridgehead atoms. The topological polar surface area (TPSA) is 46.3 Å². The van der Waals surface area contributed by atoms with Crippen LogP contribution < -0.4 is 5.73 Å². The number of nitrogen functional groups attached to an aromatic ring is 1. The number of para-hydroxylation sites is 1. The third-order valence-corrected chi connectivity index (χ3v) is 4.14. The first-order valence-electron chi connectivity index (χ1n) is 6.60. The van der Waals surface area contributed by atoms with Gasteiger partial charge in [-0.3, -0.25) is 4.79 Å². The summed E-state index contributed by atoms with van der Waals surface area (Å²) in [6.07, 6.45) is 0. The zero-order valence-electron chi connectivity index (χ0n) is 11.6. The summed E-state index contributed by atoms with van der Waals surface area (Å²) >= 11 is 9.30. The molecule has 0 aliphatic carbocycles. The molecule has 1 amide bonds. The Balaban J connectivity index is 2.25. The fourth-order valence-corrected chi connectivity index (χ4v) is 2.90. The van der Waals surface area contributed by atoms with Gasteiger partial charge in [-0.1, -0.05) is 29.8 Å². The number of halogens is 2. The number of carbonyl (C=O) groups is 1. The number of amides is 1. The van der Waals surface area contributed by atoms with E-state index in [0.29, 0.717) is 33.8 Å². The van der Waals surface area contributed by atoms with Crippen LogP contribution in [0.25, 0.3) is 0 Å². The Morgan fingerprint density at radius 2 is 2.00 bits per heavy atom. The summed E-state index contributed by atoms with van der Waals surface area (Å²) in [7, 11) is 0. The Morgan fingerprint density at radius 1 is 1.29 bits per heavy atom. The lowest BCUT2D eigenvalue weighted by atomic mass is 10.1. The van der Waals surface area contributed by atoms with Gasteiger partial charge >= 0.3 is 0 Å². The molecular formula is C16H16BrClN2O. The standard InChI is InChI=1S/C16H16BrClN2O/c1-2-20(10-11-5-3-4-6-15(11)19)16(21)13-8-7-12(18)9-14(13)17/h3-9H,2,10,19H2,1H3. The molecule has 5 heteroatoms. The zero-order valence-corrected chi connectivity index (χ0v) is 14.0. The summed E-state index contributed by atoms with van der Waals surface area (Å²) in [6.45, 7) is 3.03. The summed E-state index contributed by atoms with van der Waals surface area (Å²) in [5.74, 6) is -0.0516. The van der Waals surface area contributed by atoms with Crippen LogP contribution in [-0.2, 0) is 6.54 Å². The molecule has 0 atom stereocenters. The maximum absolute atomic E-state index is 12.6. The molecule has 0 spiro atoms. The van der Waals surface area contributed by atoms with E-state index in [9.17, 15) is 4.79 Å². The van der Waals surface area contributed by atoms with Crippen molar-refractivity contribution in [3.8, 4) is 0 Å². The summed E-state index contributed by atoms with van der Waals surface area (Å²) in [5, 5.41) is 0.591. The number of nitrogens with two attached hydrogens (primary N) is 1. The van der Waals surface area contributed by atoms with E-state index in [4.69, 9.17) is 17.3 Å². The van der Waals surface area contributed by atoms with Crippen molar-refractivity contribution < 1.29 is 4.79 Å². The predicted octanol–water partition coefficient (Wildman–Crippen LogP) is 4.35. The van der Waals surface area contributed by atoms with Gasteiger partial charge in [0.05, 0.1) is 5.56 Å². The highest BCUT2D eigenvalue weighted by Crippen LogP contribution is 2.24. The van der Waals surface area contributed by atoms with Gasteiger partial charge in [-0.25, -0.2) is 0 Å². The van der Waals surface area contributed by atoms with Crippen LogP contribution >= 0.6 is 27.5 Å². The zero-order chi connectivity index (χ0) is 15.4. The Labute approximate surface area is 137 Å². The fourth-order valence-electron chi connectivity index (χ4n) is 2.04. The highest BCUT2D eigenvalue weighted by Gasteiger charge is 2.18. The number of hydrogen-bond donors (Lipinski definition) is 1. The second-order valence-corrected chi connectivity index (χ2v) is 5.93. The molecule has 21 heavy (non-hydrogen) atoms. The smallest absolute Gasteiger partial charge is 0.255 e. The maximum Gasteiger partial charge on any atom is 0.255 e. The highest BCUT2D eigenvalue weighted by molar-refractivity contribution is 9.10. The predicted molar refractivity (Wildman–Crippen MR) is 90.4 cm³/mol. The van der Waals surface area contributed by atoms with Crippen LogP contribution in [0.2, 0.25) is 5.02 Å². The summed E-state index contributed by atoms with van der Waals surface area (Å²) in [5.41, 5.74) is 8.18. The van der Waals surface area contributed by atoms with E-state index >= 15 is 0 Å². The van der Waals surface area contributed by atoms with Crippen molar-refractivity contribution in [3.63, 3.8) is 0 Å². The van der Waals surface area contributed by atoms with E-state index in [0.717, 1.165) is 5.56 Å². The molecule has 0 fully saturated rings. The molecule has 0 unspecified atom stereocenters. The quantitative estimate of drug-likeness (QED) is 0.817. The molecule has 3 nitrogen and oxygen atoms in total. The van der Waals surface area contributed by atoms with E-state index in [1.807, 2.05) is 31.2 Å². The first-order valence-corrected chi connectivity index (χ1v) is 7.77. The number of carbonyl (C=O) groups excluding carboxylic acids is 1. The summed E-state index contributed by atoms with van der Waals surface area (Å²) in [4.78, 5) is 14.4. The van der Waals surface area contributed by atoms with Gasteiger partial charge in [0.15, 0.2) is 0 Å². The third-order valence-electron chi connectivity index (χ3n) is 3.25. The largest absolute Gasteiger partial charge is 0.398 e. The van der Waals surface area contributed by atoms with Crippen molar-refractivity contribution in [3.05, 3.63) is 63.1 Å². The molecule has 0 aliphatic heterocycles. The van der Waals surface area contributed by atoms with Gasteiger partial charge in [-0.15, -0.1) is 0 Å². The monoisotopic (exact) mass is 366 g/mol. The summed E-state index contributed by atoms with van der Waals surface area (Å²) in [6, 6.07) is 12.7. The lowest BCUT2D eigenvalue weighted by molar-refractivity contribution is 0.0752. The molecule has 2 N–H and O–H groups in total. The van der Waals surface area contributed by atoms with Crippen LogP contribution in [0.3, 0.4) is 0 Å². The van der Waals surface area contributed by atoms with E-state index < -0.39 is 0 Å². The van der Waals surface area contributed by atoms with E-state index in [1.54, 1.807) is 23.1 Å². The molecule has 0 saturated carbocycles. The van der Waals surface area contributed by atoms with Crippen LogP contribution in [0, 0.1) is 0 Å². The second-order valence-electron chi connectivity index (χ2n) is 4.64. The lowest BCUT2D eigenvalue weighted by Gasteiger charge is -2.22. The first-order chi connectivity index (χ1) is 10.0. The molecule has 0 aliphatic rings.